The van der Waals surface area contributed by atoms with Crippen molar-refractivity contribution in [3.63, 3.8) is 0 Å². The van der Waals surface area contributed by atoms with Gasteiger partial charge < -0.3 is 56.2 Å². The fourth-order valence-electron chi connectivity index (χ4n) is 8.76. The Kier molecular flexibility index (Phi) is 20.0. The second-order valence-electron chi connectivity index (χ2n) is 20.2. The number of anilines is 2. The second kappa shape index (κ2) is 25.4. The summed E-state index contributed by atoms with van der Waals surface area (Å²) in [6.45, 7) is 16.2. The van der Waals surface area contributed by atoms with E-state index in [0.717, 1.165) is 54.1 Å². The molecule has 2 aliphatic heterocycles. The van der Waals surface area contributed by atoms with Gasteiger partial charge in [-0.15, -0.1) is 0 Å². The Morgan fingerprint density at radius 3 is 2.32 bits per heavy atom. The van der Waals surface area contributed by atoms with Crippen LogP contribution in [-0.2, 0) is 44.8 Å². The zero-order chi connectivity index (χ0) is 53.0. The summed E-state index contributed by atoms with van der Waals surface area (Å²) in [5, 5.41) is 35.9. The molecule has 2 unspecified atom stereocenters. The molecule has 2 saturated heterocycles. The first kappa shape index (κ1) is 56.7. The van der Waals surface area contributed by atoms with Gasteiger partial charge in [-0.2, -0.15) is 0 Å². The number of hydrogen-bond acceptors (Lipinski definition) is 15. The van der Waals surface area contributed by atoms with Crippen LogP contribution in [0.5, 0.6) is 0 Å². The predicted molar refractivity (Wildman–Crippen MR) is 267 cm³/mol. The number of imidazole rings is 1. The Morgan fingerprint density at radius 1 is 0.958 bits per heavy atom. The van der Waals surface area contributed by atoms with Crippen molar-refractivity contribution in [1.29, 1.82) is 0 Å². The lowest BCUT2D eigenvalue weighted by atomic mass is 9.74. The van der Waals surface area contributed by atoms with E-state index < -0.39 is 84.8 Å². The minimum Gasteiger partial charge on any atom is -0.445 e. The quantitative estimate of drug-likeness (QED) is 0.0592. The predicted octanol–water partition coefficient (Wildman–Crippen LogP) is 3.84. The van der Waals surface area contributed by atoms with Crippen molar-refractivity contribution in [1.82, 2.24) is 45.7 Å². The topological polar surface area (TPSA) is 300 Å². The van der Waals surface area contributed by atoms with Gasteiger partial charge >= 0.3 is 6.09 Å². The molecule has 0 spiro atoms. The SMILES string of the molecule is CCCCC(C)c1nc2ncnc(N[C@H]3O[C@@H](C)[C@H](NC(=O)CN(C)C(=O)OCc4ccc(NC(=O)[C@H](C)NC(=O)[C@@H](NC(=O)CCN5C(=O)CC(C(C)(C)CCCC)C5=O)C(C)C)cc4)[C@@H](O)[C@@H]3O)c2[nH]1. The van der Waals surface area contributed by atoms with Gasteiger partial charge in [-0.05, 0) is 55.7 Å². The van der Waals surface area contributed by atoms with E-state index in [-0.39, 0.29) is 55.1 Å². The molecule has 4 heterocycles. The van der Waals surface area contributed by atoms with Crippen molar-refractivity contribution < 1.29 is 53.2 Å². The number of aromatic amines is 1. The summed E-state index contributed by atoms with van der Waals surface area (Å²) < 4.78 is 11.4. The monoisotopic (exact) mass is 1010 g/mol. The first-order valence-corrected chi connectivity index (χ1v) is 25.0. The number of rotatable bonds is 24. The standard InChI is InChI=1S/C50H75N11O11/c1-11-13-15-28(5)42-57-39-43(58-42)51-26-52-44(39)59-47-41(66)40(65)38(30(7)72-47)56-35(63)24-60(10)49(70)71-25-31-16-18-32(19-17-31)54-45(67)29(6)53-46(68)37(27(3)4)55-34(62)20-22-61-36(64)23-33(48(61)69)50(8,9)21-14-12-2/h16-19,26-30,33,37-38,40-41,47,65-66H,11-15,20-25H2,1-10H3,(H,53,68)(H,54,67)(H,55,62)(H,56,63)(H2,51,52,57,58,59)/t28?,29-,30-,33?,37-,38-,40+,41-,47-/m0/s1. The van der Waals surface area contributed by atoms with Crippen LogP contribution in [0.1, 0.15) is 131 Å². The highest BCUT2D eigenvalue weighted by atomic mass is 16.6. The molecule has 3 aromatic rings. The van der Waals surface area contributed by atoms with Crippen molar-refractivity contribution >= 4 is 64.2 Å². The van der Waals surface area contributed by atoms with E-state index in [1.54, 1.807) is 45.0 Å². The molecule has 9 atom stereocenters. The van der Waals surface area contributed by atoms with E-state index in [2.05, 4.69) is 67.3 Å². The van der Waals surface area contributed by atoms with Gasteiger partial charge in [0.1, 0.15) is 55.1 Å². The lowest BCUT2D eigenvalue weighted by Crippen LogP contribution is -2.64. The number of aromatic nitrogens is 4. The highest BCUT2D eigenvalue weighted by Gasteiger charge is 2.47. The molecule has 22 heteroatoms. The molecule has 5 rings (SSSR count). The van der Waals surface area contributed by atoms with Crippen LogP contribution in [0.2, 0.25) is 0 Å². The molecule has 2 aromatic heterocycles. The molecule has 0 radical (unpaired) electrons. The number of carbonyl (C=O) groups excluding carboxylic acids is 7. The number of imide groups is 1. The van der Waals surface area contributed by atoms with Gasteiger partial charge in [-0.1, -0.05) is 86.3 Å². The molecule has 1 aromatic carbocycles. The van der Waals surface area contributed by atoms with E-state index in [9.17, 15) is 43.8 Å². The number of nitrogens with zero attached hydrogens (tertiary/aromatic N) is 5. The van der Waals surface area contributed by atoms with E-state index >= 15 is 0 Å². The van der Waals surface area contributed by atoms with Crippen molar-refractivity contribution in [3.05, 3.63) is 42.0 Å². The van der Waals surface area contributed by atoms with Gasteiger partial charge in [0, 0.05) is 38.0 Å². The Bertz CT molecular complexity index is 2380. The summed E-state index contributed by atoms with van der Waals surface area (Å²) in [5.74, 6) is -2.40. The molecule has 396 valence electrons. The maximum Gasteiger partial charge on any atom is 0.410 e. The number of fused-ring (bicyclic) bond motifs is 1. The highest BCUT2D eigenvalue weighted by Crippen LogP contribution is 2.40. The van der Waals surface area contributed by atoms with Crippen LogP contribution < -0.4 is 26.6 Å². The number of benzene rings is 1. The highest BCUT2D eigenvalue weighted by molar-refractivity contribution is 6.04. The number of aliphatic hydroxyl groups is 2. The van der Waals surface area contributed by atoms with Crippen LogP contribution >= 0.6 is 0 Å². The number of likely N-dealkylation sites (N-methyl/N-ethyl adjacent to an activating group) is 1. The normalized spacial score (nSPS) is 21.5. The Balaban J connectivity index is 1.03. The summed E-state index contributed by atoms with van der Waals surface area (Å²) in [6, 6.07) is 3.38. The largest absolute Gasteiger partial charge is 0.445 e. The van der Waals surface area contributed by atoms with Crippen molar-refractivity contribution in [2.24, 2.45) is 17.3 Å². The maximum absolute atomic E-state index is 13.3. The molecule has 0 saturated carbocycles. The van der Waals surface area contributed by atoms with Gasteiger partial charge in [0.05, 0.1) is 18.1 Å². The molecule has 72 heavy (non-hydrogen) atoms. The smallest absolute Gasteiger partial charge is 0.410 e. The zero-order valence-electron chi connectivity index (χ0n) is 43.2. The number of amides is 7. The van der Waals surface area contributed by atoms with Crippen LogP contribution in [0, 0.1) is 17.3 Å². The van der Waals surface area contributed by atoms with Crippen LogP contribution in [-0.4, -0.2) is 144 Å². The molecular formula is C50H75N11O11. The average Bonchev–Trinajstić information content (AvgIpc) is 3.91. The summed E-state index contributed by atoms with van der Waals surface area (Å²) in [5.41, 5.74) is 1.58. The molecule has 2 fully saturated rings. The number of unbranched alkanes of at least 4 members (excludes halogenated alkanes) is 2. The van der Waals surface area contributed by atoms with Crippen molar-refractivity contribution in [2.45, 2.75) is 169 Å². The number of ether oxygens (including phenoxy) is 2. The van der Waals surface area contributed by atoms with Gasteiger partial charge in [0.2, 0.25) is 35.4 Å². The fraction of sp³-hybridized carbons (Fsp3) is 0.640. The van der Waals surface area contributed by atoms with Crippen molar-refractivity contribution in [3.8, 4) is 0 Å². The lowest BCUT2D eigenvalue weighted by Gasteiger charge is -2.42. The molecule has 8 N–H and O–H groups in total. The van der Waals surface area contributed by atoms with Crippen LogP contribution in [0.3, 0.4) is 0 Å². The molecule has 0 aliphatic carbocycles. The van der Waals surface area contributed by atoms with E-state index in [1.807, 2.05) is 13.8 Å². The van der Waals surface area contributed by atoms with E-state index in [1.165, 1.54) is 20.3 Å². The second-order valence-corrected chi connectivity index (χ2v) is 20.2. The van der Waals surface area contributed by atoms with Gasteiger partial charge in [0.25, 0.3) is 0 Å². The number of H-pyrrole nitrogens is 1. The maximum atomic E-state index is 13.3. The molecule has 7 amide bonds. The Hall–Kier alpha value is -6.26. The van der Waals surface area contributed by atoms with Crippen molar-refractivity contribution in [2.75, 3.05) is 30.8 Å². The third-order valence-electron chi connectivity index (χ3n) is 13.5. The number of aliphatic hydroxyl groups excluding tert-OH is 2. The van der Waals surface area contributed by atoms with Gasteiger partial charge in [-0.25, -0.2) is 19.7 Å². The zero-order valence-corrected chi connectivity index (χ0v) is 43.2. The van der Waals surface area contributed by atoms with Gasteiger partial charge in [-0.3, -0.25) is 33.7 Å². The lowest BCUT2D eigenvalue weighted by molar-refractivity contribution is -0.172. The molecule has 0 bridgehead atoms. The number of hydrogen-bond donors (Lipinski definition) is 8. The van der Waals surface area contributed by atoms with Crippen LogP contribution in [0.4, 0.5) is 16.3 Å². The summed E-state index contributed by atoms with van der Waals surface area (Å²) >= 11 is 0. The summed E-state index contributed by atoms with van der Waals surface area (Å²) in [6.07, 6.45) is 1.43. The Labute approximate surface area is 420 Å². The number of carbonyl (C=O) groups is 7. The minimum atomic E-state index is -1.48. The minimum absolute atomic E-state index is 0.0913. The number of likely N-dealkylation sites (tertiary alicyclic amines) is 1. The van der Waals surface area contributed by atoms with E-state index in [4.69, 9.17) is 9.47 Å². The van der Waals surface area contributed by atoms with Gasteiger partial charge in [0.15, 0.2) is 17.7 Å². The first-order chi connectivity index (χ1) is 34.0. The fourth-order valence-corrected chi connectivity index (χ4v) is 8.76. The molecule has 2 aliphatic rings. The van der Waals surface area contributed by atoms with Crippen LogP contribution in [0.15, 0.2) is 30.6 Å². The average molecular weight is 1010 g/mol. The first-order valence-electron chi connectivity index (χ1n) is 25.0. The summed E-state index contributed by atoms with van der Waals surface area (Å²) in [4.78, 5) is 110. The molecule has 22 nitrogen and oxygen atoms in total. The third-order valence-corrected chi connectivity index (χ3v) is 13.5. The molecular weight excluding hydrogens is 931 g/mol. The Morgan fingerprint density at radius 2 is 1.65 bits per heavy atom. The van der Waals surface area contributed by atoms with E-state index in [0.29, 0.717) is 28.2 Å². The third kappa shape index (κ3) is 14.7. The van der Waals surface area contributed by atoms with Crippen LogP contribution in [0.25, 0.3) is 11.2 Å². The summed E-state index contributed by atoms with van der Waals surface area (Å²) in [7, 11) is 1.36. The number of nitrogens with one attached hydrogen (secondary N) is 6.